The van der Waals surface area contributed by atoms with E-state index >= 15 is 0 Å². The highest BCUT2D eigenvalue weighted by atomic mass is 32.2. The van der Waals surface area contributed by atoms with Gasteiger partial charge in [-0.2, -0.15) is 0 Å². The van der Waals surface area contributed by atoms with Gasteiger partial charge >= 0.3 is 0 Å². The second-order valence-electron chi connectivity index (χ2n) is 12.2. The second-order valence-corrected chi connectivity index (χ2v) is 16.0. The van der Waals surface area contributed by atoms with Crippen LogP contribution in [0.1, 0.15) is 48.8 Å². The number of carbonyl (C=O) groups excluding carboxylic acids is 2. The number of ether oxygens (including phenoxy) is 1. The predicted molar refractivity (Wildman–Crippen MR) is 199 cm³/mol. The molecule has 3 aromatic carbocycles. The molecular weight excluding hydrogens is 712 g/mol. The van der Waals surface area contributed by atoms with Gasteiger partial charge in [0.1, 0.15) is 5.69 Å². The number of nitrogens with one attached hydrogen (secondary N) is 2. The highest BCUT2D eigenvalue weighted by Gasteiger charge is 2.27. The maximum atomic E-state index is 14.7. The van der Waals surface area contributed by atoms with Crippen LogP contribution in [0, 0.1) is 17.7 Å². The van der Waals surface area contributed by atoms with Crippen LogP contribution >= 0.6 is 22.7 Å². The van der Waals surface area contributed by atoms with Crippen molar-refractivity contribution in [2.75, 3.05) is 50.3 Å². The lowest BCUT2D eigenvalue weighted by Gasteiger charge is -2.29. The zero-order chi connectivity index (χ0) is 36.1. The molecule has 0 bridgehead atoms. The van der Waals surface area contributed by atoms with Gasteiger partial charge in [-0.25, -0.2) is 27.5 Å². The number of hydrogen-bond acceptors (Lipinski definition) is 11. The molecule has 264 valence electrons. The first-order valence-electron chi connectivity index (χ1n) is 16.0. The molecule has 0 radical (unpaired) electrons. The summed E-state index contributed by atoms with van der Waals surface area (Å²) in [6.07, 6.45) is 2.28. The van der Waals surface area contributed by atoms with Crippen molar-refractivity contribution in [3.63, 3.8) is 0 Å². The number of hydrogen-bond donors (Lipinski definition) is 2. The molecule has 2 aromatic heterocycles. The lowest BCUT2D eigenvalue weighted by molar-refractivity contribution is 0.0975. The van der Waals surface area contributed by atoms with Gasteiger partial charge in [-0.1, -0.05) is 47.4 Å². The molecule has 51 heavy (non-hydrogen) atoms. The van der Waals surface area contributed by atoms with Gasteiger partial charge in [0.05, 0.1) is 29.6 Å². The zero-order valence-corrected chi connectivity index (χ0v) is 30.6. The molecule has 6 rings (SSSR count). The van der Waals surface area contributed by atoms with Gasteiger partial charge in [0.2, 0.25) is 10.0 Å². The van der Waals surface area contributed by atoms with Crippen LogP contribution in [-0.4, -0.2) is 75.1 Å². The van der Waals surface area contributed by atoms with Gasteiger partial charge in [-0.15, -0.1) is 11.3 Å². The fraction of sp³-hybridized carbons (Fsp3) is 0.278. The Balaban J connectivity index is 1.16. The minimum atomic E-state index is -3.85. The molecule has 0 saturated heterocycles. The summed E-state index contributed by atoms with van der Waals surface area (Å²) in [6.45, 7) is 1.64. The average molecular weight is 747 g/mol. The number of amides is 2. The number of para-hydroxylation sites is 1. The second kappa shape index (κ2) is 15.6. The average Bonchev–Trinajstić information content (AvgIpc) is 3.70. The number of carbonyl (C=O) groups is 2. The van der Waals surface area contributed by atoms with Crippen LogP contribution in [0.3, 0.4) is 0 Å². The molecule has 0 aliphatic carbocycles. The fourth-order valence-electron chi connectivity index (χ4n) is 5.50. The molecule has 0 atom stereocenters. The molecule has 0 spiro atoms. The third kappa shape index (κ3) is 9.08. The van der Waals surface area contributed by atoms with E-state index in [0.29, 0.717) is 65.2 Å². The van der Waals surface area contributed by atoms with Crippen molar-refractivity contribution < 1.29 is 27.1 Å². The smallest absolute Gasteiger partial charge is 0.284 e. The predicted octanol–water partition coefficient (Wildman–Crippen LogP) is 5.32. The largest absolute Gasteiger partial charge is 0.491 e. The van der Waals surface area contributed by atoms with Gasteiger partial charge in [0, 0.05) is 29.1 Å². The van der Waals surface area contributed by atoms with Crippen LogP contribution in [0.2, 0.25) is 0 Å². The Morgan fingerprint density at radius 2 is 1.88 bits per heavy atom. The van der Waals surface area contributed by atoms with Crippen LogP contribution in [0.4, 0.5) is 14.7 Å². The lowest BCUT2D eigenvalue weighted by atomic mass is 9.94. The third-order valence-corrected chi connectivity index (χ3v) is 10.5. The number of benzene rings is 3. The monoisotopic (exact) mass is 746 g/mol. The number of fused-ring (bicyclic) bond motifs is 2. The van der Waals surface area contributed by atoms with E-state index in [9.17, 15) is 22.4 Å². The maximum absolute atomic E-state index is 14.7. The SMILES string of the molecule is CN(C)CC#Cc1ccc(OCCCc2sc(N3CCc4cccc(C(=O)Nc5nc6ccccc6s5)c4C3)nc2C(=O)NS(C)(=O)=O)c(F)c1. The van der Waals surface area contributed by atoms with E-state index in [1.807, 2.05) is 65.0 Å². The Morgan fingerprint density at radius 1 is 1.06 bits per heavy atom. The maximum Gasteiger partial charge on any atom is 0.284 e. The Bertz CT molecular complexity index is 2240. The number of rotatable bonds is 11. The molecule has 0 saturated carbocycles. The highest BCUT2D eigenvalue weighted by Crippen LogP contribution is 2.33. The van der Waals surface area contributed by atoms with Crippen molar-refractivity contribution in [1.29, 1.82) is 0 Å². The molecule has 1 aliphatic rings. The van der Waals surface area contributed by atoms with Crippen LogP contribution in [0.5, 0.6) is 5.75 Å². The first-order chi connectivity index (χ1) is 24.4. The number of sulfonamides is 1. The number of thiazole rings is 2. The van der Waals surface area contributed by atoms with E-state index in [1.54, 1.807) is 12.1 Å². The fourth-order valence-corrected chi connectivity index (χ4v) is 7.91. The molecular formula is C36H35FN6O5S3. The molecule has 2 amide bonds. The first kappa shape index (κ1) is 35.9. The summed E-state index contributed by atoms with van der Waals surface area (Å²) < 4.78 is 47.3. The molecule has 0 unspecified atom stereocenters. The minimum Gasteiger partial charge on any atom is -0.491 e. The van der Waals surface area contributed by atoms with Gasteiger partial charge in [-0.3, -0.25) is 19.8 Å². The van der Waals surface area contributed by atoms with Gasteiger partial charge in [-0.05, 0) is 80.9 Å². The normalized spacial score (nSPS) is 12.7. The quantitative estimate of drug-likeness (QED) is 0.136. The topological polar surface area (TPSA) is 134 Å². The molecule has 0 fully saturated rings. The Hall–Kier alpha value is -4.88. The van der Waals surface area contributed by atoms with Crippen LogP contribution in [0.25, 0.3) is 10.2 Å². The summed E-state index contributed by atoms with van der Waals surface area (Å²) in [7, 11) is -0.0484. The summed E-state index contributed by atoms with van der Waals surface area (Å²) >= 11 is 2.68. The standard InChI is InChI=1S/C36H35FN6O5S3/c1-42(2)18-7-9-23-15-16-29(27(37)21-23)48-20-8-14-31-32(34(45)41-51(3,46)47)39-36(50-31)43-19-17-24-10-6-11-25(26(24)22-43)33(44)40-35-38-28-12-4-5-13-30(28)49-35/h4-6,10-13,15-16,21H,8,14,17-20,22H2,1-3H3,(H,41,45)(H,38,40,44). The van der Waals surface area contributed by atoms with E-state index in [0.717, 1.165) is 27.6 Å². The number of aryl methyl sites for hydroxylation is 1. The minimum absolute atomic E-state index is 0.0000758. The molecule has 3 heterocycles. The van der Waals surface area contributed by atoms with E-state index < -0.39 is 21.7 Å². The Morgan fingerprint density at radius 3 is 2.65 bits per heavy atom. The Kier molecular flexibility index (Phi) is 11.0. The van der Waals surface area contributed by atoms with Crippen molar-refractivity contribution in [2.24, 2.45) is 0 Å². The molecule has 2 N–H and O–H groups in total. The highest BCUT2D eigenvalue weighted by molar-refractivity contribution is 7.89. The zero-order valence-electron chi connectivity index (χ0n) is 28.2. The molecule has 15 heteroatoms. The van der Waals surface area contributed by atoms with E-state index in [2.05, 4.69) is 27.1 Å². The van der Waals surface area contributed by atoms with E-state index in [-0.39, 0.29) is 24.0 Å². The summed E-state index contributed by atoms with van der Waals surface area (Å²) in [4.78, 5) is 40.2. The van der Waals surface area contributed by atoms with Gasteiger partial charge in [0.15, 0.2) is 21.8 Å². The van der Waals surface area contributed by atoms with Crippen molar-refractivity contribution >= 4 is 65.0 Å². The number of aromatic nitrogens is 2. The van der Waals surface area contributed by atoms with Crippen molar-refractivity contribution in [3.8, 4) is 17.6 Å². The lowest BCUT2D eigenvalue weighted by Crippen LogP contribution is -2.33. The number of anilines is 2. The van der Waals surface area contributed by atoms with Crippen molar-refractivity contribution in [1.82, 2.24) is 19.6 Å². The van der Waals surface area contributed by atoms with E-state index in [4.69, 9.17) is 4.74 Å². The molecule has 11 nitrogen and oxygen atoms in total. The summed E-state index contributed by atoms with van der Waals surface area (Å²) in [5.41, 5.74) is 3.74. The number of halogens is 1. The van der Waals surface area contributed by atoms with Crippen LogP contribution in [0.15, 0.2) is 60.7 Å². The number of nitrogens with zero attached hydrogens (tertiary/aromatic N) is 4. The van der Waals surface area contributed by atoms with Crippen molar-refractivity contribution in [2.45, 2.75) is 25.8 Å². The molecule has 1 aliphatic heterocycles. The molecule has 5 aromatic rings. The van der Waals surface area contributed by atoms with Crippen LogP contribution < -0.4 is 19.7 Å². The summed E-state index contributed by atoms with van der Waals surface area (Å²) in [5.74, 6) is 4.34. The van der Waals surface area contributed by atoms with Crippen molar-refractivity contribution in [3.05, 3.63) is 99.3 Å². The van der Waals surface area contributed by atoms with E-state index in [1.165, 1.54) is 34.8 Å². The van der Waals surface area contributed by atoms with Crippen LogP contribution in [-0.2, 0) is 29.4 Å². The Labute approximate surface area is 303 Å². The first-order valence-corrected chi connectivity index (χ1v) is 19.6. The summed E-state index contributed by atoms with van der Waals surface area (Å²) in [5, 5.41) is 3.97. The third-order valence-electron chi connectivity index (χ3n) is 7.85. The van der Waals surface area contributed by atoms with Gasteiger partial charge in [0.25, 0.3) is 11.8 Å². The summed E-state index contributed by atoms with van der Waals surface area (Å²) in [6, 6.07) is 17.9. The van der Waals surface area contributed by atoms with Gasteiger partial charge < -0.3 is 9.64 Å².